The molecule has 0 aromatic heterocycles. The molecule has 0 saturated heterocycles. The SMILES string of the molecule is CC1(C)C=CC(c2ccc(O)cc2)CCC1.CC1(C)C=CC(c2ccc(O)cc2)CCC1.CC1(C)C=CCC(c2ccc(O)cc2)C=C1.CC1(C)C=CCC(c2ccc(O)cc2)C=C1.CC1(C)C=CCC(c2ccc(O)cc2)CC1.CC1(C)C=CCC(c2ccc(O)cc2)CC1. The van der Waals surface area contributed by atoms with Gasteiger partial charge in [-0.2, -0.15) is 0 Å². The summed E-state index contributed by atoms with van der Waals surface area (Å²) in [6, 6.07) is 45.6. The molecule has 0 amide bonds. The van der Waals surface area contributed by atoms with Crippen LogP contribution >= 0.6 is 0 Å². The normalized spacial score (nSPS) is 23.7. The number of hydrogen-bond donors (Lipinski definition) is 6. The molecule has 6 aromatic carbocycles. The number of benzene rings is 6. The van der Waals surface area contributed by atoms with Crippen molar-refractivity contribution in [3.63, 3.8) is 0 Å². The fourth-order valence-corrected chi connectivity index (χ4v) is 13.3. The Bertz CT molecular complexity index is 3300. The molecule has 0 radical (unpaired) electrons. The molecule has 6 unspecified atom stereocenters. The van der Waals surface area contributed by atoms with E-state index in [9.17, 15) is 30.6 Å². The van der Waals surface area contributed by atoms with Crippen molar-refractivity contribution in [1.82, 2.24) is 0 Å². The number of phenols is 6. The van der Waals surface area contributed by atoms with Gasteiger partial charge in [0.25, 0.3) is 0 Å². The minimum Gasteiger partial charge on any atom is -0.508 e. The van der Waals surface area contributed by atoms with E-state index < -0.39 is 0 Å². The Morgan fingerprint density at radius 2 is 0.479 bits per heavy atom. The Balaban J connectivity index is 0.000000163. The minimum atomic E-state index is 0.158. The number of aromatic hydroxyl groups is 6. The lowest BCUT2D eigenvalue weighted by Gasteiger charge is -2.20. The summed E-state index contributed by atoms with van der Waals surface area (Å²) in [4.78, 5) is 0. The van der Waals surface area contributed by atoms with Crippen LogP contribution in [0.25, 0.3) is 0 Å². The molecule has 96 heavy (non-hydrogen) atoms. The molecule has 6 N–H and O–H groups in total. The largest absolute Gasteiger partial charge is 0.508 e. The van der Waals surface area contributed by atoms with Crippen molar-refractivity contribution in [3.8, 4) is 34.5 Å². The van der Waals surface area contributed by atoms with E-state index in [1.54, 1.807) is 72.8 Å². The van der Waals surface area contributed by atoms with Gasteiger partial charge in [-0.3, -0.25) is 0 Å². The van der Waals surface area contributed by atoms with Crippen LogP contribution in [0.1, 0.15) is 242 Å². The van der Waals surface area contributed by atoms with Crippen LogP contribution < -0.4 is 0 Å². The van der Waals surface area contributed by atoms with Crippen molar-refractivity contribution < 1.29 is 30.6 Å². The lowest BCUT2D eigenvalue weighted by atomic mass is 9.85. The van der Waals surface area contributed by atoms with Crippen LogP contribution in [0.4, 0.5) is 0 Å². The summed E-state index contributed by atoms with van der Waals surface area (Å²) in [5.41, 5.74) is 9.51. The molecule has 0 spiro atoms. The summed E-state index contributed by atoms with van der Waals surface area (Å²) < 4.78 is 0. The zero-order valence-corrected chi connectivity index (χ0v) is 60.1. The second kappa shape index (κ2) is 34.8. The molecule has 512 valence electrons. The monoisotopic (exact) mass is 1290 g/mol. The quantitative estimate of drug-likeness (QED) is 0.0924. The van der Waals surface area contributed by atoms with Crippen LogP contribution in [-0.4, -0.2) is 30.6 Å². The third-order valence-corrected chi connectivity index (χ3v) is 19.9. The molecule has 6 aliphatic rings. The third kappa shape index (κ3) is 26.2. The first-order valence-electron chi connectivity index (χ1n) is 35.6. The Morgan fingerprint density at radius 3 is 0.771 bits per heavy atom. The lowest BCUT2D eigenvalue weighted by molar-refractivity contribution is 0.411. The van der Waals surface area contributed by atoms with E-state index >= 15 is 0 Å². The van der Waals surface area contributed by atoms with E-state index in [-0.39, 0.29) is 10.8 Å². The summed E-state index contributed by atoms with van der Waals surface area (Å²) in [6.45, 7) is 27.2. The highest BCUT2D eigenvalue weighted by Gasteiger charge is 2.25. The summed E-state index contributed by atoms with van der Waals surface area (Å²) in [6.07, 6.45) is 53.4. The fourth-order valence-electron chi connectivity index (χ4n) is 13.3. The summed E-state index contributed by atoms with van der Waals surface area (Å²) in [5, 5.41) is 55.6. The Labute approximate surface area is 579 Å². The highest BCUT2D eigenvalue weighted by molar-refractivity contribution is 5.37. The van der Waals surface area contributed by atoms with Gasteiger partial charge < -0.3 is 30.6 Å². The average Bonchev–Trinajstić information content (AvgIpc) is 2.46. The number of rotatable bonds is 6. The summed E-state index contributed by atoms with van der Waals surface area (Å²) in [7, 11) is 0. The first kappa shape index (κ1) is 75.4. The maximum atomic E-state index is 9.28. The van der Waals surface area contributed by atoms with Crippen LogP contribution in [0.15, 0.2) is 243 Å². The first-order chi connectivity index (χ1) is 45.4. The smallest absolute Gasteiger partial charge is 0.115 e. The Kier molecular flexibility index (Phi) is 27.4. The number of phenolic OH excluding ortho intramolecular Hbond substituents is 6. The predicted molar refractivity (Wildman–Crippen MR) is 406 cm³/mol. The minimum absolute atomic E-state index is 0.158. The van der Waals surface area contributed by atoms with Gasteiger partial charge in [0.2, 0.25) is 0 Å². The van der Waals surface area contributed by atoms with E-state index in [0.29, 0.717) is 91.7 Å². The molecule has 6 heteroatoms. The van der Waals surface area contributed by atoms with Gasteiger partial charge in [0, 0.05) is 34.5 Å². The van der Waals surface area contributed by atoms with Crippen molar-refractivity contribution in [2.45, 2.75) is 208 Å². The van der Waals surface area contributed by atoms with Crippen molar-refractivity contribution in [1.29, 1.82) is 0 Å². The van der Waals surface area contributed by atoms with Crippen molar-refractivity contribution in [2.24, 2.45) is 32.5 Å². The first-order valence-corrected chi connectivity index (χ1v) is 35.6. The second-order valence-electron chi connectivity index (χ2n) is 31.8. The van der Waals surface area contributed by atoms with Crippen molar-refractivity contribution in [2.75, 3.05) is 0 Å². The van der Waals surface area contributed by atoms with Crippen molar-refractivity contribution in [3.05, 3.63) is 276 Å². The highest BCUT2D eigenvalue weighted by atomic mass is 16.3. The number of hydrogen-bond acceptors (Lipinski definition) is 6. The molecule has 6 aliphatic carbocycles. The number of allylic oxidation sites excluding steroid dienone is 16. The van der Waals surface area contributed by atoms with Gasteiger partial charge >= 0.3 is 0 Å². The maximum absolute atomic E-state index is 9.28. The fraction of sp³-hybridized carbons (Fsp3) is 0.422. The molecular formula is C90H116O6. The standard InChI is InChI=1S/4C15H20O.2C15H18O/c6*1-15(2)10-3-4-12(9-11-15)13-5-7-14(16)8-6-13/h2*5-9,11-12,16H,3-4,10H2,1-2H3;2*3,5-8,10,12,16H,4,9,11H2,1-2H3;2*3,5-12,16H,4H2,1-2H3. The van der Waals surface area contributed by atoms with Gasteiger partial charge in [-0.15, -0.1) is 0 Å². The molecular weight excluding hydrogens is 1180 g/mol. The molecule has 0 saturated carbocycles. The molecule has 0 heterocycles. The topological polar surface area (TPSA) is 121 Å². The Morgan fingerprint density at radius 1 is 0.240 bits per heavy atom. The van der Waals surface area contributed by atoms with Crippen LogP contribution in [0, 0.1) is 32.5 Å². The van der Waals surface area contributed by atoms with Gasteiger partial charge in [0.15, 0.2) is 0 Å². The molecule has 6 nitrogen and oxygen atoms in total. The molecule has 0 fully saturated rings. The molecule has 12 rings (SSSR count). The van der Waals surface area contributed by atoms with E-state index in [1.165, 1.54) is 97.6 Å². The highest BCUT2D eigenvalue weighted by Crippen LogP contribution is 2.41. The molecule has 6 atom stereocenters. The van der Waals surface area contributed by atoms with E-state index in [1.807, 2.05) is 72.8 Å². The van der Waals surface area contributed by atoms with Crippen LogP contribution in [-0.2, 0) is 0 Å². The zero-order chi connectivity index (χ0) is 69.6. The van der Waals surface area contributed by atoms with E-state index in [2.05, 4.69) is 180 Å². The second-order valence-corrected chi connectivity index (χ2v) is 31.8. The van der Waals surface area contributed by atoms with Crippen LogP contribution in [0.3, 0.4) is 0 Å². The van der Waals surface area contributed by atoms with E-state index in [4.69, 9.17) is 0 Å². The predicted octanol–water partition coefficient (Wildman–Crippen LogP) is 25.0. The van der Waals surface area contributed by atoms with Gasteiger partial charge in [-0.25, -0.2) is 0 Å². The van der Waals surface area contributed by atoms with Gasteiger partial charge in [0.05, 0.1) is 0 Å². The summed E-state index contributed by atoms with van der Waals surface area (Å²) >= 11 is 0. The zero-order valence-electron chi connectivity index (χ0n) is 60.1. The third-order valence-electron chi connectivity index (χ3n) is 19.9. The lowest BCUT2D eigenvalue weighted by Crippen LogP contribution is -2.07. The van der Waals surface area contributed by atoms with Crippen LogP contribution in [0.5, 0.6) is 34.5 Å². The Hall–Kier alpha value is -7.96. The van der Waals surface area contributed by atoms with Crippen LogP contribution in [0.2, 0.25) is 0 Å². The molecule has 6 aromatic rings. The molecule has 0 aliphatic heterocycles. The summed E-state index contributed by atoms with van der Waals surface area (Å²) in [5.74, 6) is 5.18. The van der Waals surface area contributed by atoms with Gasteiger partial charge in [-0.05, 0) is 217 Å². The maximum Gasteiger partial charge on any atom is 0.115 e. The van der Waals surface area contributed by atoms with Gasteiger partial charge in [-0.1, -0.05) is 266 Å². The van der Waals surface area contributed by atoms with Gasteiger partial charge in [0.1, 0.15) is 34.5 Å². The molecule has 0 bridgehead atoms. The van der Waals surface area contributed by atoms with E-state index in [0.717, 1.165) is 25.7 Å². The average molecular weight is 1290 g/mol. The van der Waals surface area contributed by atoms with Crippen molar-refractivity contribution >= 4 is 0 Å².